The Morgan fingerprint density at radius 2 is 1.69 bits per heavy atom. The van der Waals surface area contributed by atoms with Gasteiger partial charge in [-0.25, -0.2) is 0 Å². The molecule has 0 amide bonds. The van der Waals surface area contributed by atoms with Crippen molar-refractivity contribution in [3.8, 4) is 22.6 Å². The van der Waals surface area contributed by atoms with Gasteiger partial charge in [0, 0.05) is 16.5 Å². The molecule has 4 N–H and O–H groups in total. The third kappa shape index (κ3) is 3.35. The summed E-state index contributed by atoms with van der Waals surface area (Å²) in [5.74, 6) is -0.539. The lowest BCUT2D eigenvalue weighted by molar-refractivity contribution is 0.353. The molecular weight excluding hydrogens is 446 g/mol. The maximum atomic E-state index is 13.4. The quantitative estimate of drug-likeness (QED) is 0.249. The predicted molar refractivity (Wildman–Crippen MR) is 135 cm³/mol. The molecule has 3 heterocycles. The lowest BCUT2D eigenvalue weighted by Crippen LogP contribution is -2.15. The van der Waals surface area contributed by atoms with Crippen LogP contribution in [0.5, 0.6) is 11.5 Å². The Morgan fingerprint density at radius 3 is 2.43 bits per heavy atom. The van der Waals surface area contributed by atoms with Gasteiger partial charge in [-0.3, -0.25) is 19.4 Å². The van der Waals surface area contributed by atoms with Crippen LogP contribution in [0.3, 0.4) is 0 Å². The highest BCUT2D eigenvalue weighted by Crippen LogP contribution is 2.41. The number of hydrogen-bond donors (Lipinski definition) is 4. The number of aromatic hydroxyl groups is 2. The van der Waals surface area contributed by atoms with Gasteiger partial charge in [0.25, 0.3) is 5.56 Å². The molecule has 1 aliphatic rings. The van der Waals surface area contributed by atoms with E-state index in [2.05, 4.69) is 10.1 Å². The first-order valence-corrected chi connectivity index (χ1v) is 12.2. The molecule has 8 heteroatoms. The number of furan rings is 1. The second-order valence-electron chi connectivity index (χ2n) is 9.61. The van der Waals surface area contributed by atoms with Crippen molar-refractivity contribution in [2.45, 2.75) is 57.9 Å². The Morgan fingerprint density at radius 1 is 0.943 bits per heavy atom. The Hall–Kier alpha value is -3.94. The van der Waals surface area contributed by atoms with Crippen molar-refractivity contribution in [3.63, 3.8) is 0 Å². The fourth-order valence-electron chi connectivity index (χ4n) is 5.53. The minimum absolute atomic E-state index is 0.123. The molecule has 35 heavy (non-hydrogen) atoms. The molecule has 0 aliphatic heterocycles. The average molecular weight is 474 g/mol. The lowest BCUT2D eigenvalue weighted by atomic mass is 9.96. The summed E-state index contributed by atoms with van der Waals surface area (Å²) in [6, 6.07) is 7.88. The first kappa shape index (κ1) is 21.6. The highest BCUT2D eigenvalue weighted by Gasteiger charge is 2.25. The second kappa shape index (κ2) is 8.08. The fraction of sp³-hybridized carbons (Fsp3) is 0.333. The normalized spacial score (nSPS) is 15.7. The fourth-order valence-corrected chi connectivity index (χ4v) is 5.53. The van der Waals surface area contributed by atoms with Crippen LogP contribution in [0.15, 0.2) is 44.3 Å². The van der Waals surface area contributed by atoms with Gasteiger partial charge in [0.2, 0.25) is 0 Å². The summed E-state index contributed by atoms with van der Waals surface area (Å²) >= 11 is 0. The molecule has 0 unspecified atom stereocenters. The van der Waals surface area contributed by atoms with Gasteiger partial charge in [-0.05, 0) is 49.6 Å². The zero-order valence-electron chi connectivity index (χ0n) is 19.5. The first-order valence-electron chi connectivity index (χ1n) is 12.2. The summed E-state index contributed by atoms with van der Waals surface area (Å²) in [5, 5.41) is 24.4. The van der Waals surface area contributed by atoms with Gasteiger partial charge in [0.15, 0.2) is 22.5 Å². The van der Waals surface area contributed by atoms with Crippen LogP contribution in [0.1, 0.15) is 56.6 Å². The molecule has 0 radical (unpaired) electrons. The van der Waals surface area contributed by atoms with E-state index in [1.165, 1.54) is 37.5 Å². The second-order valence-corrected chi connectivity index (χ2v) is 9.61. The van der Waals surface area contributed by atoms with Crippen LogP contribution < -0.4 is 11.0 Å². The van der Waals surface area contributed by atoms with E-state index in [0.29, 0.717) is 44.4 Å². The largest absolute Gasteiger partial charge is 0.504 e. The maximum absolute atomic E-state index is 13.4. The Kier molecular flexibility index (Phi) is 4.98. The Bertz CT molecular complexity index is 1710. The molecule has 1 aliphatic carbocycles. The van der Waals surface area contributed by atoms with Gasteiger partial charge in [-0.1, -0.05) is 38.2 Å². The van der Waals surface area contributed by atoms with E-state index in [1.807, 2.05) is 4.68 Å². The number of hydrogen-bond acceptors (Lipinski definition) is 5. The van der Waals surface area contributed by atoms with E-state index >= 15 is 0 Å². The topological polar surface area (TPSA) is 124 Å². The average Bonchev–Trinajstić information content (AvgIpc) is 3.35. The predicted octanol–water partition coefficient (Wildman–Crippen LogP) is 5.59. The van der Waals surface area contributed by atoms with Crippen LogP contribution in [0.2, 0.25) is 0 Å². The number of aryl methyl sites for hydroxylation is 1. The number of nitrogens with zero attached hydrogens (tertiary/aromatic N) is 1. The molecule has 5 aromatic rings. The highest BCUT2D eigenvalue weighted by atomic mass is 16.3. The molecule has 0 atom stereocenters. The number of rotatable bonds is 2. The van der Waals surface area contributed by atoms with E-state index < -0.39 is 0 Å². The zero-order valence-corrected chi connectivity index (χ0v) is 19.5. The van der Waals surface area contributed by atoms with Gasteiger partial charge in [-0.15, -0.1) is 0 Å². The van der Waals surface area contributed by atoms with Crippen LogP contribution in [0.4, 0.5) is 0 Å². The minimum Gasteiger partial charge on any atom is -0.504 e. The number of aromatic amines is 2. The Balaban J connectivity index is 1.74. The van der Waals surface area contributed by atoms with Crippen molar-refractivity contribution in [1.82, 2.24) is 14.8 Å². The first-order chi connectivity index (χ1) is 16.9. The molecule has 0 bridgehead atoms. The molecule has 3 aromatic heterocycles. The number of phenols is 2. The summed E-state index contributed by atoms with van der Waals surface area (Å²) in [5.41, 5.74) is 3.38. The van der Waals surface area contributed by atoms with Crippen LogP contribution in [-0.2, 0) is 0 Å². The van der Waals surface area contributed by atoms with E-state index in [-0.39, 0.29) is 28.5 Å². The maximum Gasteiger partial charge on any atom is 0.274 e. The van der Waals surface area contributed by atoms with Crippen molar-refractivity contribution in [3.05, 3.63) is 56.5 Å². The number of aromatic nitrogens is 3. The number of pyridine rings is 1. The van der Waals surface area contributed by atoms with Gasteiger partial charge in [-0.2, -0.15) is 0 Å². The van der Waals surface area contributed by atoms with Crippen LogP contribution in [0, 0.1) is 6.92 Å². The number of nitrogens with one attached hydrogen (secondary N) is 2. The molecule has 2 aromatic carbocycles. The van der Waals surface area contributed by atoms with Crippen molar-refractivity contribution in [1.29, 1.82) is 0 Å². The third-order valence-electron chi connectivity index (χ3n) is 7.41. The zero-order chi connectivity index (χ0) is 24.3. The molecule has 0 saturated heterocycles. The highest BCUT2D eigenvalue weighted by molar-refractivity contribution is 6.14. The van der Waals surface area contributed by atoms with E-state index in [9.17, 15) is 19.8 Å². The summed E-state index contributed by atoms with van der Waals surface area (Å²) in [6.45, 7) is 1.72. The van der Waals surface area contributed by atoms with E-state index in [0.717, 1.165) is 31.1 Å². The molecule has 0 spiro atoms. The number of fused-ring (bicyclic) bond motifs is 4. The van der Waals surface area contributed by atoms with Crippen LogP contribution in [-0.4, -0.2) is 25.0 Å². The van der Waals surface area contributed by atoms with Crippen molar-refractivity contribution >= 4 is 33.1 Å². The Labute approximate surface area is 199 Å². The standard InChI is InChI=1S/C27H27N3O5/c1-14-18(31)12-10-17-23-25(35-24(14)17)21(15-9-11-19(32)20(33)13-15)22-26(28-23)30(29-27(22)34)16-7-5-3-2-4-6-8-16/h9-13,16,28,32-33H,2-8H2,1H3,(H,29,34). The summed E-state index contributed by atoms with van der Waals surface area (Å²) in [6.07, 6.45) is 7.79. The molecule has 1 fully saturated rings. The van der Waals surface area contributed by atoms with Crippen LogP contribution >= 0.6 is 0 Å². The minimum atomic E-state index is -0.290. The van der Waals surface area contributed by atoms with Gasteiger partial charge in [0.05, 0.1) is 16.9 Å². The molecule has 6 rings (SSSR count). The number of benzene rings is 2. The summed E-state index contributed by atoms with van der Waals surface area (Å²) < 4.78 is 8.19. The van der Waals surface area contributed by atoms with Crippen LogP contribution in [0.25, 0.3) is 44.2 Å². The van der Waals surface area contributed by atoms with Crippen molar-refractivity contribution in [2.24, 2.45) is 0 Å². The summed E-state index contributed by atoms with van der Waals surface area (Å²) in [7, 11) is 0. The molecule has 8 nitrogen and oxygen atoms in total. The lowest BCUT2D eigenvalue weighted by Gasteiger charge is -2.21. The SMILES string of the molecule is Cc1c(=O)ccc2c1oc1c(-c3ccc(O)c(O)c3)c3c(=O)[nH]n(C4CCCCCCC4)c3[nH]c12. The van der Waals surface area contributed by atoms with Gasteiger partial charge in [0.1, 0.15) is 11.2 Å². The van der Waals surface area contributed by atoms with Crippen molar-refractivity contribution in [2.75, 3.05) is 0 Å². The molecule has 180 valence electrons. The number of phenolic OH excluding ortho intramolecular Hbond substituents is 2. The van der Waals surface area contributed by atoms with E-state index in [1.54, 1.807) is 19.1 Å². The van der Waals surface area contributed by atoms with E-state index in [4.69, 9.17) is 4.42 Å². The molecular formula is C27H27N3O5. The third-order valence-corrected chi connectivity index (χ3v) is 7.41. The van der Waals surface area contributed by atoms with Gasteiger partial charge < -0.3 is 19.6 Å². The van der Waals surface area contributed by atoms with Crippen molar-refractivity contribution < 1.29 is 14.6 Å². The monoisotopic (exact) mass is 473 g/mol. The summed E-state index contributed by atoms with van der Waals surface area (Å²) in [4.78, 5) is 29.2. The van der Waals surface area contributed by atoms with Gasteiger partial charge >= 0.3 is 0 Å². The number of H-pyrrole nitrogens is 2. The smallest absolute Gasteiger partial charge is 0.274 e. The molecule has 1 saturated carbocycles.